The Hall–Kier alpha value is -5.12. The number of carbonyl (C=O) groups excluding carboxylic acids is 3. The molecule has 6 aromatic rings. The van der Waals surface area contributed by atoms with E-state index in [1.165, 1.54) is 12.1 Å². The first-order valence-corrected chi connectivity index (χ1v) is 18.6. The number of para-hydroxylation sites is 2. The molecule has 0 saturated carbocycles. The maximum Gasteiger partial charge on any atom is 0.420 e. The van der Waals surface area contributed by atoms with E-state index < -0.39 is 52.5 Å². The third-order valence-corrected chi connectivity index (χ3v) is 9.53. The number of unbranched alkanes of at least 4 members (excludes halogenated alkanes) is 2. The summed E-state index contributed by atoms with van der Waals surface area (Å²) in [6, 6.07) is 18.7. The van der Waals surface area contributed by atoms with E-state index >= 15 is 0 Å². The fraction of sp³-hybridized carbons (Fsp3) is 0.262. The summed E-state index contributed by atoms with van der Waals surface area (Å²) in [7, 11) is 0. The van der Waals surface area contributed by atoms with Gasteiger partial charge in [0.1, 0.15) is 34.0 Å². The summed E-state index contributed by atoms with van der Waals surface area (Å²) in [6.45, 7) is 5.02. The molecule has 1 N–H and O–H groups in total. The summed E-state index contributed by atoms with van der Waals surface area (Å²) in [5.74, 6) is -2.57. The van der Waals surface area contributed by atoms with Gasteiger partial charge in [-0.15, -0.1) is 0 Å². The largest absolute Gasteiger partial charge is 0.507 e. The van der Waals surface area contributed by atoms with Crippen molar-refractivity contribution in [3.8, 4) is 11.5 Å². The predicted octanol–water partition coefficient (Wildman–Crippen LogP) is 12.3. The van der Waals surface area contributed by atoms with E-state index in [-0.39, 0.29) is 25.8 Å². The number of phenols is 1. The van der Waals surface area contributed by atoms with Crippen molar-refractivity contribution < 1.29 is 59.4 Å². The number of hydrogen-bond donors (Lipinski definition) is 1. The maximum absolute atomic E-state index is 13.6. The number of fused-ring (bicyclic) bond motifs is 2. The van der Waals surface area contributed by atoms with Crippen LogP contribution < -0.4 is 4.74 Å². The molecule has 0 bridgehead atoms. The smallest absolute Gasteiger partial charge is 0.420 e. The molecule has 0 amide bonds. The number of ketones is 2. The van der Waals surface area contributed by atoms with Gasteiger partial charge in [0.15, 0.2) is 17.3 Å². The lowest BCUT2D eigenvalue weighted by Gasteiger charge is -2.15. The average molecular weight is 893 g/mol. The van der Waals surface area contributed by atoms with Gasteiger partial charge in [0.2, 0.25) is 0 Å². The number of halogens is 7. The first kappa shape index (κ1) is 42.0. The van der Waals surface area contributed by atoms with Crippen molar-refractivity contribution in [3.05, 3.63) is 127 Å². The topological polar surface area (TPSA) is 107 Å². The molecule has 0 radical (unpaired) electrons. The van der Waals surface area contributed by atoms with Gasteiger partial charge in [-0.3, -0.25) is 14.4 Å². The normalized spacial score (nSPS) is 11.8. The Labute approximate surface area is 330 Å². The third-order valence-electron chi connectivity index (χ3n) is 8.73. The molecule has 7 nitrogen and oxygen atoms in total. The molecular formula is C42H35F6IO7. The quantitative estimate of drug-likeness (QED) is 0.0454. The fourth-order valence-electron chi connectivity index (χ4n) is 6.09. The summed E-state index contributed by atoms with van der Waals surface area (Å²) >= 11 is 1.63. The van der Waals surface area contributed by atoms with Gasteiger partial charge < -0.3 is 18.7 Å². The predicted molar refractivity (Wildman–Crippen MR) is 205 cm³/mol. The van der Waals surface area contributed by atoms with Crippen molar-refractivity contribution in [2.45, 2.75) is 71.6 Å². The van der Waals surface area contributed by atoms with Gasteiger partial charge in [0, 0.05) is 41.7 Å². The first-order valence-electron chi connectivity index (χ1n) is 17.6. The Kier molecular flexibility index (Phi) is 13.0. The number of esters is 1. The van der Waals surface area contributed by atoms with Crippen LogP contribution in [0.3, 0.4) is 0 Å². The van der Waals surface area contributed by atoms with Gasteiger partial charge >= 0.3 is 18.3 Å². The van der Waals surface area contributed by atoms with Crippen molar-refractivity contribution in [3.63, 3.8) is 0 Å². The van der Waals surface area contributed by atoms with Gasteiger partial charge in [-0.05, 0) is 77.9 Å². The summed E-state index contributed by atoms with van der Waals surface area (Å²) in [5.41, 5.74) is -1.10. The monoisotopic (exact) mass is 892 g/mol. The number of alkyl halides is 6. The molecule has 0 spiro atoms. The van der Waals surface area contributed by atoms with Crippen LogP contribution in [0.25, 0.3) is 21.9 Å². The van der Waals surface area contributed by atoms with Crippen LogP contribution in [0.4, 0.5) is 26.3 Å². The lowest BCUT2D eigenvalue weighted by atomic mass is 9.96. The van der Waals surface area contributed by atoms with Crippen molar-refractivity contribution in [1.29, 1.82) is 0 Å². The van der Waals surface area contributed by atoms with E-state index in [4.69, 9.17) is 13.6 Å². The summed E-state index contributed by atoms with van der Waals surface area (Å²) in [5, 5.41) is 10.6. The van der Waals surface area contributed by atoms with Crippen molar-refractivity contribution in [2.24, 2.45) is 0 Å². The molecule has 4 aromatic carbocycles. The van der Waals surface area contributed by atoms with E-state index in [0.717, 1.165) is 44.7 Å². The molecule has 0 atom stereocenters. The molecule has 0 aliphatic heterocycles. The second-order valence-corrected chi connectivity index (χ2v) is 14.0. The van der Waals surface area contributed by atoms with Crippen LogP contribution in [0, 0.1) is 3.57 Å². The molecule has 294 valence electrons. The number of furan rings is 2. The summed E-state index contributed by atoms with van der Waals surface area (Å²) in [4.78, 5) is 37.6. The highest BCUT2D eigenvalue weighted by atomic mass is 127. The number of aryl methyl sites for hydroxylation is 2. The average Bonchev–Trinajstić information content (AvgIpc) is 3.70. The van der Waals surface area contributed by atoms with Gasteiger partial charge in [0.05, 0.1) is 20.3 Å². The second-order valence-electron chi connectivity index (χ2n) is 12.8. The van der Waals surface area contributed by atoms with Crippen LogP contribution in [0.1, 0.15) is 101 Å². The molecule has 6 rings (SSSR count). The molecule has 0 unspecified atom stereocenters. The highest BCUT2D eigenvalue weighted by Gasteiger charge is 2.38. The van der Waals surface area contributed by atoms with Crippen molar-refractivity contribution in [2.75, 3.05) is 0 Å². The van der Waals surface area contributed by atoms with E-state index in [0.29, 0.717) is 52.4 Å². The zero-order valence-electron chi connectivity index (χ0n) is 30.3. The van der Waals surface area contributed by atoms with Crippen molar-refractivity contribution in [1.82, 2.24) is 0 Å². The number of phenolic OH excluding ortho intramolecular Hbond substituents is 1. The van der Waals surface area contributed by atoms with E-state index in [2.05, 4.69) is 0 Å². The zero-order chi connectivity index (χ0) is 40.9. The Morgan fingerprint density at radius 2 is 1.14 bits per heavy atom. The van der Waals surface area contributed by atoms with Crippen LogP contribution in [-0.2, 0) is 30.0 Å². The second kappa shape index (κ2) is 17.3. The molecule has 56 heavy (non-hydrogen) atoms. The molecule has 0 saturated heterocycles. The van der Waals surface area contributed by atoms with Gasteiger partial charge in [-0.1, -0.05) is 63.1 Å². The SMILES string of the molecule is CCCCc1oc2ccccc2c1C(=O)c1cc(I)c(OC(C)=O)c(C(F)(F)F)c1.CCCCc1oc2ccccc2c1C(=O)c1ccc(O)c(C(F)(F)F)c1. The molecule has 0 fully saturated rings. The fourth-order valence-corrected chi connectivity index (χ4v) is 6.83. The number of benzene rings is 4. The third kappa shape index (κ3) is 9.28. The highest BCUT2D eigenvalue weighted by Crippen LogP contribution is 2.41. The number of carbonyl (C=O) groups is 3. The van der Waals surface area contributed by atoms with Gasteiger partial charge in [0.25, 0.3) is 0 Å². The van der Waals surface area contributed by atoms with E-state index in [9.17, 15) is 45.8 Å². The molecule has 14 heteroatoms. The van der Waals surface area contributed by atoms with E-state index in [1.54, 1.807) is 71.1 Å². The number of hydrogen-bond acceptors (Lipinski definition) is 7. The number of ether oxygens (including phenoxy) is 1. The van der Waals surface area contributed by atoms with Gasteiger partial charge in [-0.2, -0.15) is 26.3 Å². The molecular weight excluding hydrogens is 857 g/mol. The van der Waals surface area contributed by atoms with Crippen LogP contribution in [0.2, 0.25) is 0 Å². The first-order chi connectivity index (χ1) is 26.5. The Morgan fingerprint density at radius 1 is 0.679 bits per heavy atom. The Balaban J connectivity index is 0.000000216. The molecule has 2 heterocycles. The summed E-state index contributed by atoms with van der Waals surface area (Å²) in [6.07, 6.45) is -5.19. The number of rotatable bonds is 11. The highest BCUT2D eigenvalue weighted by molar-refractivity contribution is 14.1. The number of aromatic hydroxyl groups is 1. The minimum absolute atomic E-state index is 0.0175. The van der Waals surface area contributed by atoms with Crippen LogP contribution in [0.15, 0.2) is 87.7 Å². The van der Waals surface area contributed by atoms with Crippen LogP contribution >= 0.6 is 22.6 Å². The molecule has 0 aliphatic carbocycles. The molecule has 0 aliphatic rings. The van der Waals surface area contributed by atoms with E-state index in [1.807, 2.05) is 13.8 Å². The maximum atomic E-state index is 13.6. The Morgan fingerprint density at radius 3 is 1.61 bits per heavy atom. The van der Waals surface area contributed by atoms with Crippen LogP contribution in [-0.4, -0.2) is 22.6 Å². The summed E-state index contributed by atoms with van der Waals surface area (Å²) < 4.78 is 96.5. The zero-order valence-corrected chi connectivity index (χ0v) is 32.4. The minimum atomic E-state index is -4.80. The molecule has 2 aromatic heterocycles. The Bertz CT molecular complexity index is 2410. The van der Waals surface area contributed by atoms with Crippen molar-refractivity contribution >= 4 is 62.1 Å². The van der Waals surface area contributed by atoms with Crippen LogP contribution in [0.5, 0.6) is 11.5 Å². The minimum Gasteiger partial charge on any atom is -0.507 e. The van der Waals surface area contributed by atoms with Gasteiger partial charge in [-0.25, -0.2) is 0 Å². The lowest BCUT2D eigenvalue weighted by molar-refractivity contribution is -0.142. The lowest BCUT2D eigenvalue weighted by Crippen LogP contribution is -2.15. The standard InChI is InChI=1S/C22H18F3IO4.C20H17F3O3/c1-3-4-8-18-19(14-7-5-6-9-17(14)30-18)20(28)13-10-15(22(23,24)25)21(16(26)11-13)29-12(2)27;1-2-3-7-17-18(13-6-4-5-8-16(13)26-17)19(25)12-9-10-15(24)14(11-12)20(21,22)23/h5-7,9-11H,3-4,8H2,1-2H3;4-6,8-11,24H,2-3,7H2,1H3.